The molecule has 1 saturated heterocycles. The molecule has 1 aliphatic heterocycles. The van der Waals surface area contributed by atoms with Gasteiger partial charge in [-0.1, -0.05) is 24.8 Å². The van der Waals surface area contributed by atoms with Crippen molar-refractivity contribution in [1.82, 2.24) is 9.47 Å². The number of para-hydroxylation sites is 1. The summed E-state index contributed by atoms with van der Waals surface area (Å²) >= 11 is 0. The van der Waals surface area contributed by atoms with Crippen LogP contribution in [0, 0.1) is 5.41 Å². The molecule has 104 valence electrons. The van der Waals surface area contributed by atoms with E-state index in [0.29, 0.717) is 0 Å². The predicted octanol–water partition coefficient (Wildman–Crippen LogP) is 4.03. The molecule has 1 spiro atoms. The number of likely N-dealkylation sites (tertiary alicyclic amines) is 1. The van der Waals surface area contributed by atoms with Gasteiger partial charge in [-0.05, 0) is 43.2 Å². The number of hydrogen-bond acceptors (Lipinski definition) is 1. The van der Waals surface area contributed by atoms with Gasteiger partial charge >= 0.3 is 0 Å². The topological polar surface area (TPSA) is 8.17 Å². The lowest BCUT2D eigenvalue weighted by molar-refractivity contribution is 0.239. The Morgan fingerprint density at radius 1 is 1.10 bits per heavy atom. The van der Waals surface area contributed by atoms with Crippen molar-refractivity contribution in [2.24, 2.45) is 12.5 Å². The normalized spacial score (nSPS) is 20.6. The fourth-order valence-corrected chi connectivity index (χ4v) is 3.66. The molecule has 0 radical (unpaired) electrons. The zero-order valence-electron chi connectivity index (χ0n) is 12.2. The van der Waals surface area contributed by atoms with Crippen molar-refractivity contribution in [3.63, 3.8) is 0 Å². The van der Waals surface area contributed by atoms with E-state index in [1.165, 1.54) is 61.1 Å². The fraction of sp³-hybridized carbons (Fsp3) is 0.444. The van der Waals surface area contributed by atoms with Crippen LogP contribution in [0.3, 0.4) is 0 Å². The highest BCUT2D eigenvalue weighted by Crippen LogP contribution is 2.54. The van der Waals surface area contributed by atoms with E-state index in [1.54, 1.807) is 0 Å². The average Bonchev–Trinajstić information content (AvgIpc) is 3.15. The van der Waals surface area contributed by atoms with Crippen LogP contribution in [0.25, 0.3) is 16.6 Å². The van der Waals surface area contributed by atoms with Gasteiger partial charge in [0, 0.05) is 31.0 Å². The van der Waals surface area contributed by atoms with Crippen LogP contribution in [0.2, 0.25) is 0 Å². The van der Waals surface area contributed by atoms with Crippen molar-refractivity contribution in [2.45, 2.75) is 25.7 Å². The Kier molecular flexibility index (Phi) is 2.50. The van der Waals surface area contributed by atoms with Crippen molar-refractivity contribution in [2.75, 3.05) is 13.1 Å². The molecule has 1 aromatic carbocycles. The number of fused-ring (bicyclic) bond motifs is 1. The van der Waals surface area contributed by atoms with Gasteiger partial charge in [0.15, 0.2) is 0 Å². The zero-order valence-corrected chi connectivity index (χ0v) is 12.2. The summed E-state index contributed by atoms with van der Waals surface area (Å²) in [5.41, 5.74) is 4.48. The Labute approximate surface area is 120 Å². The number of piperidine rings is 1. The largest absolute Gasteiger partial charge is 0.370 e. The molecule has 0 atom stereocenters. The Hall–Kier alpha value is -1.70. The summed E-state index contributed by atoms with van der Waals surface area (Å²) in [7, 11) is 2.15. The van der Waals surface area contributed by atoms with E-state index in [2.05, 4.69) is 53.4 Å². The van der Waals surface area contributed by atoms with Gasteiger partial charge in [0.05, 0.1) is 11.4 Å². The minimum Gasteiger partial charge on any atom is -0.370 e. The van der Waals surface area contributed by atoms with Gasteiger partial charge in [0.1, 0.15) is 0 Å². The van der Waals surface area contributed by atoms with Crippen LogP contribution in [0.1, 0.15) is 31.4 Å². The number of aryl methyl sites for hydroxylation is 1. The number of benzene rings is 1. The molecule has 0 N–H and O–H groups in total. The van der Waals surface area contributed by atoms with Crippen LogP contribution < -0.4 is 0 Å². The Morgan fingerprint density at radius 2 is 1.80 bits per heavy atom. The first-order valence-corrected chi connectivity index (χ1v) is 7.67. The Morgan fingerprint density at radius 3 is 2.45 bits per heavy atom. The molecular weight excluding hydrogens is 244 g/mol. The maximum atomic E-state index is 4.38. The second-order valence-corrected chi connectivity index (χ2v) is 6.58. The lowest BCUT2D eigenvalue weighted by Gasteiger charge is -2.35. The van der Waals surface area contributed by atoms with E-state index in [1.807, 2.05) is 0 Å². The van der Waals surface area contributed by atoms with Gasteiger partial charge in [-0.2, -0.15) is 0 Å². The van der Waals surface area contributed by atoms with Crippen LogP contribution >= 0.6 is 0 Å². The van der Waals surface area contributed by atoms with E-state index in [-0.39, 0.29) is 0 Å². The first-order chi connectivity index (χ1) is 9.69. The quantitative estimate of drug-likeness (QED) is 0.797. The third-order valence-corrected chi connectivity index (χ3v) is 5.41. The molecule has 1 aliphatic carbocycles. The van der Waals surface area contributed by atoms with Crippen LogP contribution in [-0.4, -0.2) is 22.6 Å². The van der Waals surface area contributed by atoms with Gasteiger partial charge in [-0.15, -0.1) is 0 Å². The molecule has 20 heavy (non-hydrogen) atoms. The minimum absolute atomic E-state index is 0.732. The van der Waals surface area contributed by atoms with E-state index in [9.17, 15) is 0 Å². The van der Waals surface area contributed by atoms with Crippen molar-refractivity contribution in [3.05, 3.63) is 42.6 Å². The van der Waals surface area contributed by atoms with Gasteiger partial charge in [0.2, 0.25) is 0 Å². The molecule has 2 aliphatic rings. The third kappa shape index (κ3) is 1.78. The first kappa shape index (κ1) is 12.1. The van der Waals surface area contributed by atoms with E-state index >= 15 is 0 Å². The molecule has 2 fully saturated rings. The van der Waals surface area contributed by atoms with E-state index in [0.717, 1.165) is 5.41 Å². The zero-order chi connectivity index (χ0) is 13.7. The summed E-state index contributed by atoms with van der Waals surface area (Å²) in [5.74, 6) is 0. The van der Waals surface area contributed by atoms with Crippen LogP contribution in [0.5, 0.6) is 0 Å². The molecule has 0 amide bonds. The minimum atomic E-state index is 0.732. The van der Waals surface area contributed by atoms with Crippen molar-refractivity contribution in [3.8, 4) is 0 Å². The number of aromatic nitrogens is 1. The number of nitrogens with zero attached hydrogens (tertiary/aromatic N) is 2. The smallest absolute Gasteiger partial charge is 0.0646 e. The fourth-order valence-electron chi connectivity index (χ4n) is 3.66. The maximum absolute atomic E-state index is 4.38. The lowest BCUT2D eigenvalue weighted by atomic mass is 9.93. The number of hydrogen-bond donors (Lipinski definition) is 0. The first-order valence-electron chi connectivity index (χ1n) is 7.67. The van der Waals surface area contributed by atoms with Crippen LogP contribution in [-0.2, 0) is 7.05 Å². The van der Waals surface area contributed by atoms with Gasteiger partial charge in [0.25, 0.3) is 0 Å². The van der Waals surface area contributed by atoms with Gasteiger partial charge in [-0.25, -0.2) is 0 Å². The van der Waals surface area contributed by atoms with Crippen molar-refractivity contribution in [1.29, 1.82) is 0 Å². The van der Waals surface area contributed by atoms with Gasteiger partial charge in [-0.3, -0.25) is 0 Å². The average molecular weight is 266 g/mol. The molecule has 2 heteroatoms. The highest BCUT2D eigenvalue weighted by atomic mass is 15.2. The SMILES string of the molecule is C=C(c1cc2ccccc2n1C)N1CCC2(CC1)CC2. The molecule has 1 saturated carbocycles. The molecule has 4 rings (SSSR count). The van der Waals surface area contributed by atoms with E-state index < -0.39 is 0 Å². The Bertz CT molecular complexity index is 666. The molecule has 2 nitrogen and oxygen atoms in total. The second-order valence-electron chi connectivity index (χ2n) is 6.58. The standard InChI is InChI=1S/C18H22N2/c1-14(20-11-9-18(7-8-18)10-12-20)17-13-15-5-3-4-6-16(15)19(17)2/h3-6,13H,1,7-12H2,2H3. The van der Waals surface area contributed by atoms with Crippen molar-refractivity contribution >= 4 is 16.6 Å². The summed E-state index contributed by atoms with van der Waals surface area (Å²) in [6.45, 7) is 6.74. The predicted molar refractivity (Wildman–Crippen MR) is 84.4 cm³/mol. The van der Waals surface area contributed by atoms with Gasteiger partial charge < -0.3 is 9.47 Å². The third-order valence-electron chi connectivity index (χ3n) is 5.41. The second kappa shape index (κ2) is 4.15. The maximum Gasteiger partial charge on any atom is 0.0646 e. The summed E-state index contributed by atoms with van der Waals surface area (Å²) in [4.78, 5) is 2.48. The summed E-state index contributed by atoms with van der Waals surface area (Å²) < 4.78 is 2.28. The summed E-state index contributed by atoms with van der Waals surface area (Å²) in [6.07, 6.45) is 5.63. The molecule has 2 aromatic rings. The molecule has 1 aromatic heterocycles. The summed E-state index contributed by atoms with van der Waals surface area (Å²) in [5, 5.41) is 1.31. The lowest BCUT2D eigenvalue weighted by Crippen LogP contribution is -2.33. The molecule has 0 unspecified atom stereocenters. The molecule has 0 bridgehead atoms. The Balaban J connectivity index is 1.62. The highest BCUT2D eigenvalue weighted by molar-refractivity contribution is 5.85. The monoisotopic (exact) mass is 266 g/mol. The van der Waals surface area contributed by atoms with Crippen LogP contribution in [0.4, 0.5) is 0 Å². The number of rotatable bonds is 2. The molecular formula is C18H22N2. The van der Waals surface area contributed by atoms with Crippen LogP contribution in [0.15, 0.2) is 36.9 Å². The molecule has 2 heterocycles. The van der Waals surface area contributed by atoms with Crippen molar-refractivity contribution < 1.29 is 0 Å². The highest BCUT2D eigenvalue weighted by Gasteiger charge is 2.44. The van der Waals surface area contributed by atoms with E-state index in [4.69, 9.17) is 0 Å². The summed E-state index contributed by atoms with van der Waals surface area (Å²) in [6, 6.07) is 10.8.